The zero-order valence-electron chi connectivity index (χ0n) is 11.0. The van der Waals surface area contributed by atoms with Crippen LogP contribution in [0.2, 0.25) is 0 Å². The summed E-state index contributed by atoms with van der Waals surface area (Å²) >= 11 is 0. The summed E-state index contributed by atoms with van der Waals surface area (Å²) in [5.74, 6) is 0.495. The van der Waals surface area contributed by atoms with Gasteiger partial charge in [-0.1, -0.05) is 11.6 Å². The quantitative estimate of drug-likeness (QED) is 0.536. The fourth-order valence-corrected chi connectivity index (χ4v) is 2.37. The van der Waals surface area contributed by atoms with Crippen LogP contribution >= 0.6 is 0 Å². The number of rotatable bonds is 2. The summed E-state index contributed by atoms with van der Waals surface area (Å²) in [4.78, 5) is 0. The molecule has 0 aromatic heterocycles. The van der Waals surface area contributed by atoms with Gasteiger partial charge in [0.1, 0.15) is 11.0 Å². The maximum atomic E-state index is 11.9. The summed E-state index contributed by atoms with van der Waals surface area (Å²) < 4.78 is 16.0. The minimum atomic E-state index is -1.11. The Balaban J connectivity index is 2.68. The second kappa shape index (κ2) is 5.26. The molecular formula is C13H23NOS. The van der Waals surface area contributed by atoms with Crippen molar-refractivity contribution in [3.8, 4) is 0 Å². The van der Waals surface area contributed by atoms with Crippen LogP contribution in [-0.2, 0) is 11.0 Å². The highest BCUT2D eigenvalue weighted by atomic mass is 32.2. The molecule has 92 valence electrons. The van der Waals surface area contributed by atoms with Gasteiger partial charge < -0.3 is 0 Å². The normalized spacial score (nSPS) is 25.2. The van der Waals surface area contributed by atoms with Gasteiger partial charge in [0.25, 0.3) is 0 Å². The number of hydrogen-bond donors (Lipinski definition) is 0. The van der Waals surface area contributed by atoms with Crippen LogP contribution in [0.1, 0.15) is 53.9 Å². The van der Waals surface area contributed by atoms with Crippen LogP contribution in [0.3, 0.4) is 0 Å². The molecule has 1 aliphatic carbocycles. The molecule has 2 atom stereocenters. The monoisotopic (exact) mass is 241 g/mol. The molecular weight excluding hydrogens is 218 g/mol. The first-order valence-electron chi connectivity index (χ1n) is 5.93. The zero-order valence-corrected chi connectivity index (χ0v) is 11.9. The predicted octanol–water partition coefficient (Wildman–Crippen LogP) is 3.66. The Morgan fingerprint density at radius 3 is 2.56 bits per heavy atom. The molecule has 0 aromatic rings. The van der Waals surface area contributed by atoms with E-state index in [0.717, 1.165) is 25.0 Å². The summed E-state index contributed by atoms with van der Waals surface area (Å²) in [6.07, 6.45) is 5.65. The summed E-state index contributed by atoms with van der Waals surface area (Å²) in [5.41, 5.74) is 2.53. The van der Waals surface area contributed by atoms with Crippen LogP contribution < -0.4 is 0 Å². The molecule has 2 nitrogen and oxygen atoms in total. The molecule has 0 fully saturated rings. The van der Waals surface area contributed by atoms with Gasteiger partial charge in [-0.25, -0.2) is 4.21 Å². The highest BCUT2D eigenvalue weighted by Crippen LogP contribution is 2.25. The molecule has 0 radical (unpaired) electrons. The molecule has 16 heavy (non-hydrogen) atoms. The van der Waals surface area contributed by atoms with Crippen molar-refractivity contribution in [3.05, 3.63) is 11.6 Å². The molecule has 3 heteroatoms. The Kier molecular flexibility index (Phi) is 4.48. The molecule has 0 N–H and O–H groups in total. The molecule has 0 amide bonds. The highest BCUT2D eigenvalue weighted by molar-refractivity contribution is 7.85. The van der Waals surface area contributed by atoms with Gasteiger partial charge in [0.2, 0.25) is 0 Å². The minimum Gasteiger partial charge on any atom is -0.234 e. The molecule has 0 aromatic carbocycles. The van der Waals surface area contributed by atoms with Crippen LogP contribution in [-0.4, -0.2) is 14.7 Å². The lowest BCUT2D eigenvalue weighted by molar-refractivity contribution is 0.596. The Hall–Kier alpha value is -0.440. The Bertz CT molecular complexity index is 336. The Morgan fingerprint density at radius 1 is 1.50 bits per heavy atom. The third kappa shape index (κ3) is 3.85. The van der Waals surface area contributed by atoms with E-state index in [-0.39, 0.29) is 4.75 Å². The van der Waals surface area contributed by atoms with Gasteiger partial charge >= 0.3 is 0 Å². The van der Waals surface area contributed by atoms with Crippen molar-refractivity contribution in [3.63, 3.8) is 0 Å². The number of nitrogens with zero attached hydrogens (tertiary/aromatic N) is 1. The third-order valence-electron chi connectivity index (χ3n) is 2.98. The molecule has 1 rings (SSSR count). The maximum Gasteiger partial charge on any atom is 0.144 e. The Morgan fingerprint density at radius 2 is 2.12 bits per heavy atom. The Labute approximate surface area is 102 Å². The van der Waals surface area contributed by atoms with E-state index in [2.05, 4.69) is 17.4 Å². The smallest absolute Gasteiger partial charge is 0.144 e. The molecule has 1 aliphatic rings. The average molecular weight is 241 g/mol. The fraction of sp³-hybridized carbons (Fsp3) is 0.769. The van der Waals surface area contributed by atoms with Gasteiger partial charge in [-0.2, -0.15) is 4.40 Å². The van der Waals surface area contributed by atoms with Crippen molar-refractivity contribution in [2.45, 2.75) is 58.6 Å². The van der Waals surface area contributed by atoms with Gasteiger partial charge in [0, 0.05) is 11.6 Å². The van der Waals surface area contributed by atoms with Crippen molar-refractivity contribution >= 4 is 16.7 Å². The number of hydrogen-bond acceptors (Lipinski definition) is 1. The van der Waals surface area contributed by atoms with Crippen molar-refractivity contribution in [1.29, 1.82) is 0 Å². The summed E-state index contributed by atoms with van der Waals surface area (Å²) in [6, 6.07) is 0. The van der Waals surface area contributed by atoms with Crippen molar-refractivity contribution in [1.82, 2.24) is 0 Å². The second-order valence-electron chi connectivity index (χ2n) is 5.62. The van der Waals surface area contributed by atoms with E-state index in [9.17, 15) is 4.21 Å². The van der Waals surface area contributed by atoms with Gasteiger partial charge in [-0.05, 0) is 53.9 Å². The SMILES string of the molecule is CC1=CC[C@H](/C(C)=N/[S@](=O)C(C)(C)C)CC1. The standard InChI is InChI=1S/C13H23NOS/c1-10-6-8-12(9-7-10)11(2)14-16(15)13(3,4)5/h6,12H,7-9H2,1-5H3/b14-11+/t12-,16+/m0/s1. The maximum absolute atomic E-state index is 11.9. The van der Waals surface area contributed by atoms with Crippen LogP contribution in [0.4, 0.5) is 0 Å². The first-order chi connectivity index (χ1) is 7.30. The molecule has 0 spiro atoms. The van der Waals surface area contributed by atoms with Crippen LogP contribution in [0.15, 0.2) is 16.0 Å². The van der Waals surface area contributed by atoms with Gasteiger partial charge in [-0.15, -0.1) is 0 Å². The van der Waals surface area contributed by atoms with Gasteiger partial charge in [-0.3, -0.25) is 0 Å². The van der Waals surface area contributed by atoms with Gasteiger partial charge in [0.15, 0.2) is 0 Å². The average Bonchev–Trinajstić information content (AvgIpc) is 2.17. The van der Waals surface area contributed by atoms with E-state index >= 15 is 0 Å². The van der Waals surface area contributed by atoms with Gasteiger partial charge in [0.05, 0.1) is 4.75 Å². The molecule has 0 aliphatic heterocycles. The van der Waals surface area contributed by atoms with Crippen molar-refractivity contribution < 1.29 is 4.21 Å². The van der Waals surface area contributed by atoms with Crippen LogP contribution in [0.5, 0.6) is 0 Å². The lowest BCUT2D eigenvalue weighted by Crippen LogP contribution is -2.22. The minimum absolute atomic E-state index is 0.248. The fourth-order valence-electron chi connectivity index (χ4n) is 1.69. The van der Waals surface area contributed by atoms with Crippen molar-refractivity contribution in [2.24, 2.45) is 10.3 Å². The van der Waals surface area contributed by atoms with Crippen molar-refractivity contribution in [2.75, 3.05) is 0 Å². The lowest BCUT2D eigenvalue weighted by atomic mass is 9.87. The molecule has 0 unspecified atom stereocenters. The summed E-state index contributed by atoms with van der Waals surface area (Å²) in [7, 11) is -1.11. The second-order valence-corrected chi connectivity index (χ2v) is 7.52. The van der Waals surface area contributed by atoms with E-state index in [0.29, 0.717) is 5.92 Å². The van der Waals surface area contributed by atoms with E-state index in [1.807, 2.05) is 27.7 Å². The first-order valence-corrected chi connectivity index (χ1v) is 7.04. The summed E-state index contributed by atoms with van der Waals surface area (Å²) in [5, 5.41) is 0. The topological polar surface area (TPSA) is 29.4 Å². The van der Waals surface area contributed by atoms with Crippen LogP contribution in [0, 0.1) is 5.92 Å². The summed E-state index contributed by atoms with van der Waals surface area (Å²) in [6.45, 7) is 10.1. The van der Waals surface area contributed by atoms with E-state index in [1.165, 1.54) is 5.57 Å². The van der Waals surface area contributed by atoms with E-state index < -0.39 is 11.0 Å². The molecule has 0 saturated heterocycles. The van der Waals surface area contributed by atoms with E-state index in [4.69, 9.17) is 0 Å². The van der Waals surface area contributed by atoms with Crippen LogP contribution in [0.25, 0.3) is 0 Å². The first kappa shape index (κ1) is 13.6. The third-order valence-corrected chi connectivity index (χ3v) is 4.48. The molecule has 0 saturated carbocycles. The predicted molar refractivity (Wildman–Crippen MR) is 72.1 cm³/mol. The molecule has 0 heterocycles. The zero-order chi connectivity index (χ0) is 12.3. The number of allylic oxidation sites excluding steroid dienone is 2. The largest absolute Gasteiger partial charge is 0.234 e. The van der Waals surface area contributed by atoms with E-state index in [1.54, 1.807) is 0 Å². The highest BCUT2D eigenvalue weighted by Gasteiger charge is 2.21. The molecule has 0 bridgehead atoms. The lowest BCUT2D eigenvalue weighted by Gasteiger charge is -2.21.